The molecule has 1 rings (SSSR count). The Bertz CT molecular complexity index is 534. The molecule has 0 saturated carbocycles. The minimum atomic E-state index is -0.898. The van der Waals surface area contributed by atoms with Crippen LogP contribution in [0.3, 0.4) is 0 Å². The monoisotopic (exact) mass is 319 g/mol. The summed E-state index contributed by atoms with van der Waals surface area (Å²) >= 11 is 0. The number of carbonyl (C=O) groups excluding carboxylic acids is 2. The number of nitrogens with one attached hydrogen (secondary N) is 1. The predicted octanol–water partition coefficient (Wildman–Crippen LogP) is 3.41. The van der Waals surface area contributed by atoms with Gasteiger partial charge in [0, 0.05) is 5.92 Å². The molecule has 0 fully saturated rings. The number of ether oxygens (including phenoxy) is 2. The average molecular weight is 319 g/mol. The summed E-state index contributed by atoms with van der Waals surface area (Å²) < 4.78 is 10.3. The topological polar surface area (TPSA) is 64.6 Å². The molecule has 0 aliphatic heterocycles. The van der Waals surface area contributed by atoms with Crippen LogP contribution in [0.2, 0.25) is 0 Å². The molecule has 126 valence electrons. The smallest absolute Gasteiger partial charge is 0.408 e. The van der Waals surface area contributed by atoms with E-state index in [0.29, 0.717) is 0 Å². The van der Waals surface area contributed by atoms with Crippen molar-refractivity contribution in [3.63, 3.8) is 0 Å². The highest BCUT2D eigenvalue weighted by atomic mass is 16.6. The summed E-state index contributed by atoms with van der Waals surface area (Å²) in [5.41, 5.74) is 0.205. The van der Waals surface area contributed by atoms with Crippen LogP contribution in [0.25, 0.3) is 0 Å². The van der Waals surface area contributed by atoms with Crippen LogP contribution >= 0.6 is 0 Å². The van der Waals surface area contributed by atoms with Crippen LogP contribution in [0.5, 0.6) is 0 Å². The lowest BCUT2D eigenvalue weighted by molar-refractivity contribution is -0.146. The molecule has 1 aromatic rings. The lowest BCUT2D eigenvalue weighted by Crippen LogP contribution is -2.47. The Hall–Kier alpha value is -2.30. The molecule has 0 aliphatic carbocycles. The standard InChI is InChI=1S/C18H25NO4/c1-6-14(13-11-9-8-10-12-13)15(16(20)22-7-2)19-17(21)23-18(3,4)5/h6,8-12,14-15H,1,7H2,2-5H3,(H,19,21)/t14-,15-/m1/s1. The molecule has 0 bridgehead atoms. The summed E-state index contributed by atoms with van der Waals surface area (Å²) in [6, 6.07) is 8.45. The molecule has 0 aliphatic rings. The summed E-state index contributed by atoms with van der Waals surface area (Å²) in [6.07, 6.45) is 0.951. The first-order chi connectivity index (χ1) is 10.8. The molecule has 0 radical (unpaired) electrons. The van der Waals surface area contributed by atoms with E-state index in [1.54, 1.807) is 33.8 Å². The number of benzene rings is 1. The molecule has 5 nitrogen and oxygen atoms in total. The number of hydrogen-bond donors (Lipinski definition) is 1. The summed E-state index contributed by atoms with van der Waals surface area (Å²) in [5, 5.41) is 2.60. The third-order valence-electron chi connectivity index (χ3n) is 3.01. The van der Waals surface area contributed by atoms with Crippen molar-refractivity contribution >= 4 is 12.1 Å². The van der Waals surface area contributed by atoms with Crippen molar-refractivity contribution in [2.75, 3.05) is 6.61 Å². The Morgan fingerprint density at radius 2 is 1.87 bits per heavy atom. The van der Waals surface area contributed by atoms with Gasteiger partial charge in [0.05, 0.1) is 6.61 Å². The van der Waals surface area contributed by atoms with E-state index in [1.165, 1.54) is 0 Å². The van der Waals surface area contributed by atoms with E-state index in [1.807, 2.05) is 30.3 Å². The van der Waals surface area contributed by atoms with Gasteiger partial charge in [-0.2, -0.15) is 0 Å². The molecule has 1 amide bonds. The van der Waals surface area contributed by atoms with Crippen LogP contribution in [0.15, 0.2) is 43.0 Å². The molecule has 0 aromatic heterocycles. The molecule has 0 saturated heterocycles. The van der Waals surface area contributed by atoms with Gasteiger partial charge in [-0.15, -0.1) is 6.58 Å². The normalized spacial score (nSPS) is 13.6. The minimum absolute atomic E-state index is 0.226. The molecule has 0 unspecified atom stereocenters. The first-order valence-corrected chi connectivity index (χ1v) is 7.62. The number of hydrogen-bond acceptors (Lipinski definition) is 4. The second kappa shape index (κ2) is 8.36. The van der Waals surface area contributed by atoms with Crippen molar-refractivity contribution in [3.8, 4) is 0 Å². The van der Waals surface area contributed by atoms with E-state index in [-0.39, 0.29) is 6.61 Å². The van der Waals surface area contributed by atoms with Gasteiger partial charge in [0.25, 0.3) is 0 Å². The highest BCUT2D eigenvalue weighted by molar-refractivity contribution is 5.83. The Morgan fingerprint density at radius 3 is 2.35 bits per heavy atom. The zero-order valence-electron chi connectivity index (χ0n) is 14.2. The summed E-state index contributed by atoms with van der Waals surface area (Å²) in [7, 11) is 0. The van der Waals surface area contributed by atoms with E-state index < -0.39 is 29.6 Å². The van der Waals surface area contributed by atoms with Crippen LogP contribution in [0.1, 0.15) is 39.2 Å². The maximum Gasteiger partial charge on any atom is 0.408 e. The van der Waals surface area contributed by atoms with Crippen molar-refractivity contribution in [1.29, 1.82) is 0 Å². The maximum atomic E-state index is 12.3. The molecular weight excluding hydrogens is 294 g/mol. The molecule has 23 heavy (non-hydrogen) atoms. The fourth-order valence-electron chi connectivity index (χ4n) is 2.10. The van der Waals surface area contributed by atoms with Crippen LogP contribution in [0, 0.1) is 0 Å². The van der Waals surface area contributed by atoms with Crippen molar-refractivity contribution in [1.82, 2.24) is 5.32 Å². The van der Waals surface area contributed by atoms with Crippen molar-refractivity contribution in [2.24, 2.45) is 0 Å². The Morgan fingerprint density at radius 1 is 1.26 bits per heavy atom. The van der Waals surface area contributed by atoms with Crippen LogP contribution in [-0.4, -0.2) is 30.3 Å². The fourth-order valence-corrected chi connectivity index (χ4v) is 2.10. The lowest BCUT2D eigenvalue weighted by Gasteiger charge is -2.26. The number of alkyl carbamates (subject to hydrolysis) is 1. The highest BCUT2D eigenvalue weighted by Crippen LogP contribution is 2.22. The number of amides is 1. The average Bonchev–Trinajstić information content (AvgIpc) is 2.46. The fraction of sp³-hybridized carbons (Fsp3) is 0.444. The second-order valence-electron chi connectivity index (χ2n) is 6.05. The van der Waals surface area contributed by atoms with Gasteiger partial charge in [0.1, 0.15) is 11.6 Å². The molecule has 5 heteroatoms. The Labute approximate surface area is 137 Å². The maximum absolute atomic E-state index is 12.3. The summed E-state index contributed by atoms with van der Waals surface area (Å²) in [6.45, 7) is 11.0. The Balaban J connectivity index is 3.01. The second-order valence-corrected chi connectivity index (χ2v) is 6.05. The molecule has 1 aromatic carbocycles. The quantitative estimate of drug-likeness (QED) is 0.644. The minimum Gasteiger partial charge on any atom is -0.464 e. The summed E-state index contributed by atoms with van der Waals surface area (Å²) in [4.78, 5) is 24.3. The van der Waals surface area contributed by atoms with Gasteiger partial charge in [-0.05, 0) is 33.3 Å². The largest absolute Gasteiger partial charge is 0.464 e. The summed E-state index contributed by atoms with van der Waals surface area (Å²) in [5.74, 6) is -0.935. The van der Waals surface area contributed by atoms with Crippen molar-refractivity contribution in [2.45, 2.75) is 45.3 Å². The molecule has 1 N–H and O–H groups in total. The number of carbonyl (C=O) groups is 2. The van der Waals surface area contributed by atoms with Gasteiger partial charge in [-0.1, -0.05) is 36.4 Å². The van der Waals surface area contributed by atoms with Gasteiger partial charge in [0.2, 0.25) is 0 Å². The van der Waals surface area contributed by atoms with Crippen LogP contribution in [-0.2, 0) is 14.3 Å². The Kier molecular flexibility index (Phi) is 6.82. The third kappa shape index (κ3) is 6.14. The molecule has 2 atom stereocenters. The van der Waals surface area contributed by atoms with E-state index in [0.717, 1.165) is 5.56 Å². The lowest BCUT2D eigenvalue weighted by atomic mass is 9.91. The van der Waals surface area contributed by atoms with Gasteiger partial charge in [-0.25, -0.2) is 9.59 Å². The van der Waals surface area contributed by atoms with Crippen LogP contribution in [0.4, 0.5) is 4.79 Å². The molecule has 0 heterocycles. The predicted molar refractivity (Wildman–Crippen MR) is 89.2 cm³/mol. The molecular formula is C18H25NO4. The van der Waals surface area contributed by atoms with Crippen molar-refractivity contribution < 1.29 is 19.1 Å². The van der Waals surface area contributed by atoms with Gasteiger partial charge in [0.15, 0.2) is 0 Å². The zero-order valence-corrected chi connectivity index (χ0v) is 14.2. The van der Waals surface area contributed by atoms with Gasteiger partial charge >= 0.3 is 12.1 Å². The zero-order chi connectivity index (χ0) is 17.5. The first kappa shape index (κ1) is 18.7. The number of rotatable bonds is 6. The van der Waals surface area contributed by atoms with Crippen molar-refractivity contribution in [3.05, 3.63) is 48.6 Å². The third-order valence-corrected chi connectivity index (χ3v) is 3.01. The van der Waals surface area contributed by atoms with E-state index in [2.05, 4.69) is 11.9 Å². The molecule has 0 spiro atoms. The highest BCUT2D eigenvalue weighted by Gasteiger charge is 2.32. The van der Waals surface area contributed by atoms with Crippen LogP contribution < -0.4 is 5.32 Å². The van der Waals surface area contributed by atoms with E-state index in [4.69, 9.17) is 9.47 Å². The first-order valence-electron chi connectivity index (χ1n) is 7.62. The van der Waals surface area contributed by atoms with E-state index >= 15 is 0 Å². The van der Waals surface area contributed by atoms with Gasteiger partial charge in [-0.3, -0.25) is 0 Å². The number of esters is 1. The van der Waals surface area contributed by atoms with Gasteiger partial charge < -0.3 is 14.8 Å². The SMILES string of the molecule is C=C[C@H](c1ccccc1)[C@@H](NC(=O)OC(C)(C)C)C(=O)OCC. The van der Waals surface area contributed by atoms with E-state index in [9.17, 15) is 9.59 Å².